The van der Waals surface area contributed by atoms with Gasteiger partial charge in [-0.05, 0) is 25.5 Å². The van der Waals surface area contributed by atoms with Gasteiger partial charge in [-0.3, -0.25) is 9.59 Å². The first kappa shape index (κ1) is 12.2. The van der Waals surface area contributed by atoms with Crippen LogP contribution in [0.5, 0.6) is 0 Å². The van der Waals surface area contributed by atoms with Crippen LogP contribution in [-0.4, -0.2) is 28.5 Å². The van der Waals surface area contributed by atoms with Gasteiger partial charge < -0.3 is 15.4 Å². The van der Waals surface area contributed by atoms with Gasteiger partial charge in [-0.15, -0.1) is 0 Å². The van der Waals surface area contributed by atoms with Crippen molar-refractivity contribution in [1.29, 1.82) is 0 Å². The largest absolute Gasteiger partial charge is 0.480 e. The number of fused-ring (bicyclic) bond motifs is 1. The van der Waals surface area contributed by atoms with Crippen LogP contribution in [0.4, 0.5) is 0 Å². The highest BCUT2D eigenvalue weighted by Crippen LogP contribution is 2.23. The standard InChI is InChI=1S/C13H14N2O3/c1-7-8(2)15-12-9(7)4-3-5-10(12)13(18)14-6-11(16)17/h3-5,15H,6H2,1-2H3,(H,14,18)(H,16,17). The third kappa shape index (κ3) is 2.07. The van der Waals surface area contributed by atoms with Crippen LogP contribution in [0, 0.1) is 13.8 Å². The predicted molar refractivity (Wildman–Crippen MR) is 67.7 cm³/mol. The van der Waals surface area contributed by atoms with Crippen molar-refractivity contribution in [3.05, 3.63) is 35.0 Å². The summed E-state index contributed by atoms with van der Waals surface area (Å²) in [7, 11) is 0. The second kappa shape index (κ2) is 4.52. The number of carbonyl (C=O) groups is 2. The van der Waals surface area contributed by atoms with Crippen molar-refractivity contribution >= 4 is 22.8 Å². The van der Waals surface area contributed by atoms with Crippen LogP contribution in [0.15, 0.2) is 18.2 Å². The highest BCUT2D eigenvalue weighted by molar-refractivity contribution is 6.07. The number of carboxylic acids is 1. The average Bonchev–Trinajstić information content (AvgIpc) is 2.62. The topological polar surface area (TPSA) is 82.2 Å². The molecule has 94 valence electrons. The van der Waals surface area contributed by atoms with E-state index in [1.165, 1.54) is 0 Å². The lowest BCUT2D eigenvalue weighted by Crippen LogP contribution is -2.29. The molecule has 5 heteroatoms. The van der Waals surface area contributed by atoms with Gasteiger partial charge in [-0.1, -0.05) is 12.1 Å². The van der Waals surface area contributed by atoms with E-state index in [1.807, 2.05) is 19.9 Å². The van der Waals surface area contributed by atoms with Gasteiger partial charge in [0.05, 0.1) is 11.1 Å². The monoisotopic (exact) mass is 246 g/mol. The number of aromatic amines is 1. The Labute approximate surface area is 104 Å². The van der Waals surface area contributed by atoms with Crippen molar-refractivity contribution in [2.24, 2.45) is 0 Å². The molecule has 0 saturated carbocycles. The molecule has 18 heavy (non-hydrogen) atoms. The number of carboxylic acid groups (broad SMARTS) is 1. The van der Waals surface area contributed by atoms with E-state index < -0.39 is 5.97 Å². The van der Waals surface area contributed by atoms with Crippen LogP contribution in [0.1, 0.15) is 21.6 Å². The minimum absolute atomic E-state index is 0.381. The fourth-order valence-corrected chi connectivity index (χ4v) is 1.92. The van der Waals surface area contributed by atoms with Crippen molar-refractivity contribution in [2.45, 2.75) is 13.8 Å². The van der Waals surface area contributed by atoms with Crippen molar-refractivity contribution in [3.63, 3.8) is 0 Å². The second-order valence-electron chi connectivity index (χ2n) is 4.18. The molecule has 3 N–H and O–H groups in total. The molecule has 1 amide bonds. The van der Waals surface area contributed by atoms with Crippen molar-refractivity contribution in [2.75, 3.05) is 6.54 Å². The van der Waals surface area contributed by atoms with Gasteiger partial charge in [0.15, 0.2) is 0 Å². The molecule has 0 aliphatic carbocycles. The number of nitrogens with one attached hydrogen (secondary N) is 2. The van der Waals surface area contributed by atoms with Crippen LogP contribution >= 0.6 is 0 Å². The molecule has 0 aliphatic rings. The molecule has 0 spiro atoms. The lowest BCUT2D eigenvalue weighted by atomic mass is 10.1. The van der Waals surface area contributed by atoms with E-state index in [1.54, 1.807) is 12.1 Å². The molecule has 0 aliphatic heterocycles. The summed E-state index contributed by atoms with van der Waals surface area (Å²) in [6, 6.07) is 5.40. The molecule has 0 saturated heterocycles. The molecular weight excluding hydrogens is 232 g/mol. The predicted octanol–water partition coefficient (Wildman–Crippen LogP) is 1.60. The summed E-state index contributed by atoms with van der Waals surface area (Å²) < 4.78 is 0. The van der Waals surface area contributed by atoms with E-state index in [2.05, 4.69) is 10.3 Å². The summed E-state index contributed by atoms with van der Waals surface area (Å²) in [5.41, 5.74) is 3.31. The summed E-state index contributed by atoms with van der Waals surface area (Å²) in [6.07, 6.45) is 0. The maximum absolute atomic E-state index is 11.9. The second-order valence-corrected chi connectivity index (χ2v) is 4.18. The highest BCUT2D eigenvalue weighted by Gasteiger charge is 2.14. The Morgan fingerprint density at radius 3 is 2.72 bits per heavy atom. The van der Waals surface area contributed by atoms with E-state index in [0.717, 1.165) is 22.2 Å². The summed E-state index contributed by atoms with van der Waals surface area (Å²) in [5.74, 6) is -1.45. The zero-order valence-electron chi connectivity index (χ0n) is 10.2. The Balaban J connectivity index is 2.42. The van der Waals surface area contributed by atoms with Crippen LogP contribution in [-0.2, 0) is 4.79 Å². The quantitative estimate of drug-likeness (QED) is 0.769. The van der Waals surface area contributed by atoms with Gasteiger partial charge >= 0.3 is 5.97 Å². The fraction of sp³-hybridized carbons (Fsp3) is 0.231. The third-order valence-corrected chi connectivity index (χ3v) is 2.99. The van der Waals surface area contributed by atoms with E-state index in [-0.39, 0.29) is 12.5 Å². The van der Waals surface area contributed by atoms with Gasteiger partial charge in [0.25, 0.3) is 5.91 Å². The van der Waals surface area contributed by atoms with Gasteiger partial charge in [0.2, 0.25) is 0 Å². The Morgan fingerprint density at radius 1 is 1.33 bits per heavy atom. The number of para-hydroxylation sites is 1. The number of rotatable bonds is 3. The van der Waals surface area contributed by atoms with Gasteiger partial charge in [-0.25, -0.2) is 0 Å². The van der Waals surface area contributed by atoms with Gasteiger partial charge in [0.1, 0.15) is 6.54 Å². The number of benzene rings is 1. The van der Waals surface area contributed by atoms with E-state index in [9.17, 15) is 9.59 Å². The Hall–Kier alpha value is -2.30. The lowest BCUT2D eigenvalue weighted by molar-refractivity contribution is -0.135. The van der Waals surface area contributed by atoms with E-state index >= 15 is 0 Å². The number of carbonyl (C=O) groups excluding carboxylic acids is 1. The Bertz CT molecular complexity index is 628. The van der Waals surface area contributed by atoms with Crippen LogP contribution in [0.3, 0.4) is 0 Å². The molecule has 1 heterocycles. The number of amides is 1. The molecule has 0 radical (unpaired) electrons. The SMILES string of the molecule is Cc1[nH]c2c(C(=O)NCC(=O)O)cccc2c1C. The van der Waals surface area contributed by atoms with Crippen LogP contribution < -0.4 is 5.32 Å². The maximum Gasteiger partial charge on any atom is 0.322 e. The average molecular weight is 246 g/mol. The van der Waals surface area contributed by atoms with Crippen LogP contribution in [0.25, 0.3) is 10.9 Å². The smallest absolute Gasteiger partial charge is 0.322 e. The summed E-state index contributed by atoms with van der Waals surface area (Å²) in [5, 5.41) is 11.9. The summed E-state index contributed by atoms with van der Waals surface area (Å²) >= 11 is 0. The fourth-order valence-electron chi connectivity index (χ4n) is 1.92. The highest BCUT2D eigenvalue weighted by atomic mass is 16.4. The summed E-state index contributed by atoms with van der Waals surface area (Å²) in [6.45, 7) is 3.54. The first-order chi connectivity index (χ1) is 8.50. The van der Waals surface area contributed by atoms with Crippen LogP contribution in [0.2, 0.25) is 0 Å². The van der Waals surface area contributed by atoms with Gasteiger partial charge in [-0.2, -0.15) is 0 Å². The normalized spacial score (nSPS) is 10.6. The maximum atomic E-state index is 11.9. The minimum Gasteiger partial charge on any atom is -0.480 e. The minimum atomic E-state index is -1.06. The van der Waals surface area contributed by atoms with Crippen molar-refractivity contribution in [3.8, 4) is 0 Å². The summed E-state index contributed by atoms with van der Waals surface area (Å²) in [4.78, 5) is 25.5. The molecule has 0 atom stereocenters. The molecule has 0 fully saturated rings. The Morgan fingerprint density at radius 2 is 2.06 bits per heavy atom. The number of aliphatic carboxylic acids is 1. The number of H-pyrrole nitrogens is 1. The number of aryl methyl sites for hydroxylation is 2. The third-order valence-electron chi connectivity index (χ3n) is 2.99. The molecule has 0 unspecified atom stereocenters. The van der Waals surface area contributed by atoms with E-state index in [4.69, 9.17) is 5.11 Å². The van der Waals surface area contributed by atoms with Crippen molar-refractivity contribution < 1.29 is 14.7 Å². The molecular formula is C13H14N2O3. The number of aromatic nitrogens is 1. The molecule has 0 bridgehead atoms. The molecule has 5 nitrogen and oxygen atoms in total. The first-order valence-electron chi connectivity index (χ1n) is 5.58. The zero-order valence-corrected chi connectivity index (χ0v) is 10.2. The molecule has 1 aromatic carbocycles. The van der Waals surface area contributed by atoms with Gasteiger partial charge in [0, 0.05) is 11.1 Å². The zero-order chi connectivity index (χ0) is 13.3. The first-order valence-corrected chi connectivity index (χ1v) is 5.58. The Kier molecular flexibility index (Phi) is 3.06. The van der Waals surface area contributed by atoms with E-state index in [0.29, 0.717) is 5.56 Å². The van der Waals surface area contributed by atoms with Crippen molar-refractivity contribution in [1.82, 2.24) is 10.3 Å². The molecule has 2 aromatic rings. The number of hydrogen-bond acceptors (Lipinski definition) is 2. The molecule has 1 aromatic heterocycles. The molecule has 2 rings (SSSR count). The number of hydrogen-bond donors (Lipinski definition) is 3. The lowest BCUT2D eigenvalue weighted by Gasteiger charge is -2.03.